The van der Waals surface area contributed by atoms with Crippen LogP contribution in [0.2, 0.25) is 0 Å². The summed E-state index contributed by atoms with van der Waals surface area (Å²) in [4.78, 5) is 34.5. The van der Waals surface area contributed by atoms with Crippen LogP contribution in [0.25, 0.3) is 11.4 Å². The Morgan fingerprint density at radius 3 is 3.08 bits per heavy atom. The van der Waals surface area contributed by atoms with Gasteiger partial charge in [0, 0.05) is 38.2 Å². The van der Waals surface area contributed by atoms with E-state index >= 15 is 0 Å². The molecule has 1 unspecified atom stereocenters. The lowest BCUT2D eigenvalue weighted by Crippen LogP contribution is -2.30. The molecule has 0 spiro atoms. The number of carbonyl (C=O) groups is 2. The first kappa shape index (κ1) is 16.5. The zero-order valence-corrected chi connectivity index (χ0v) is 14.1. The van der Waals surface area contributed by atoms with Crippen LogP contribution in [0.4, 0.5) is 5.13 Å². The van der Waals surface area contributed by atoms with Gasteiger partial charge < -0.3 is 15.0 Å². The minimum atomic E-state index is -0.350. The Kier molecular flexibility index (Phi) is 5.17. The van der Waals surface area contributed by atoms with Crippen LogP contribution in [-0.2, 0) is 14.3 Å². The Bertz CT molecular complexity index is 719. The van der Waals surface area contributed by atoms with E-state index in [1.54, 1.807) is 18.2 Å². The van der Waals surface area contributed by atoms with Crippen molar-refractivity contribution in [2.45, 2.75) is 6.42 Å². The van der Waals surface area contributed by atoms with Gasteiger partial charge in [-0.2, -0.15) is 0 Å². The van der Waals surface area contributed by atoms with Crippen LogP contribution in [0.15, 0.2) is 29.8 Å². The second-order valence-corrected chi connectivity index (χ2v) is 6.33. The summed E-state index contributed by atoms with van der Waals surface area (Å²) in [6, 6.07) is 5.59. The van der Waals surface area contributed by atoms with Crippen molar-refractivity contribution < 1.29 is 14.3 Å². The molecule has 2 amide bonds. The largest absolute Gasteiger partial charge is 0.383 e. The van der Waals surface area contributed by atoms with E-state index in [9.17, 15) is 9.59 Å². The molecule has 1 aliphatic heterocycles. The molecule has 3 heterocycles. The zero-order valence-electron chi connectivity index (χ0n) is 13.3. The fourth-order valence-electron chi connectivity index (χ4n) is 2.54. The van der Waals surface area contributed by atoms with Gasteiger partial charge in [-0.15, -0.1) is 11.3 Å². The normalized spacial score (nSPS) is 17.3. The molecule has 0 saturated carbocycles. The molecule has 0 aromatic carbocycles. The third kappa shape index (κ3) is 3.77. The Balaban J connectivity index is 1.60. The van der Waals surface area contributed by atoms with Gasteiger partial charge in [-0.05, 0) is 12.1 Å². The summed E-state index contributed by atoms with van der Waals surface area (Å²) in [5, 5.41) is 5.17. The number of thiazole rings is 1. The zero-order chi connectivity index (χ0) is 16.9. The maximum atomic E-state index is 12.4. The molecule has 8 heteroatoms. The molecule has 24 heavy (non-hydrogen) atoms. The number of nitrogens with zero attached hydrogens (tertiary/aromatic N) is 3. The molecular formula is C16H18N4O3S. The van der Waals surface area contributed by atoms with Crippen LogP contribution < -0.4 is 5.32 Å². The van der Waals surface area contributed by atoms with Gasteiger partial charge in [-0.1, -0.05) is 6.07 Å². The van der Waals surface area contributed by atoms with Crippen molar-refractivity contribution >= 4 is 28.3 Å². The summed E-state index contributed by atoms with van der Waals surface area (Å²) >= 11 is 1.35. The van der Waals surface area contributed by atoms with Crippen LogP contribution in [0, 0.1) is 5.92 Å². The van der Waals surface area contributed by atoms with Gasteiger partial charge in [0.15, 0.2) is 5.13 Å². The molecule has 1 N–H and O–H groups in total. The average molecular weight is 346 g/mol. The van der Waals surface area contributed by atoms with Gasteiger partial charge in [0.1, 0.15) is 5.69 Å². The first-order chi connectivity index (χ1) is 11.7. The Hall–Kier alpha value is -2.32. The number of likely N-dealkylation sites (tertiary alicyclic amines) is 1. The maximum absolute atomic E-state index is 12.4. The van der Waals surface area contributed by atoms with Crippen molar-refractivity contribution in [3.8, 4) is 11.4 Å². The molecule has 0 radical (unpaired) electrons. The number of hydrogen-bond donors (Lipinski definition) is 1. The number of aromatic nitrogens is 2. The molecule has 1 aliphatic rings. The highest BCUT2D eigenvalue weighted by Gasteiger charge is 2.34. The summed E-state index contributed by atoms with van der Waals surface area (Å²) in [6.45, 7) is 1.41. The maximum Gasteiger partial charge on any atom is 0.231 e. The van der Waals surface area contributed by atoms with Crippen molar-refractivity contribution in [1.29, 1.82) is 0 Å². The highest BCUT2D eigenvalue weighted by Crippen LogP contribution is 2.25. The van der Waals surface area contributed by atoms with E-state index in [0.29, 0.717) is 24.8 Å². The van der Waals surface area contributed by atoms with Crippen LogP contribution in [-0.4, -0.2) is 53.5 Å². The fourth-order valence-corrected chi connectivity index (χ4v) is 3.24. The SMILES string of the molecule is COCCN1CC(C(=O)Nc2nc(-c3ccccn3)cs2)CC1=O. The first-order valence-corrected chi connectivity index (χ1v) is 8.50. The molecule has 1 saturated heterocycles. The quantitative estimate of drug-likeness (QED) is 0.859. The van der Waals surface area contributed by atoms with E-state index in [1.807, 2.05) is 23.6 Å². The van der Waals surface area contributed by atoms with Crippen molar-refractivity contribution in [1.82, 2.24) is 14.9 Å². The Morgan fingerprint density at radius 1 is 1.46 bits per heavy atom. The molecule has 0 bridgehead atoms. The first-order valence-electron chi connectivity index (χ1n) is 7.62. The predicted molar refractivity (Wildman–Crippen MR) is 90.5 cm³/mol. The fraction of sp³-hybridized carbons (Fsp3) is 0.375. The van der Waals surface area contributed by atoms with Gasteiger partial charge in [0.25, 0.3) is 0 Å². The number of carbonyl (C=O) groups excluding carboxylic acids is 2. The topological polar surface area (TPSA) is 84.4 Å². The number of hydrogen-bond acceptors (Lipinski definition) is 6. The highest BCUT2D eigenvalue weighted by molar-refractivity contribution is 7.14. The van der Waals surface area contributed by atoms with Gasteiger partial charge >= 0.3 is 0 Å². The van der Waals surface area contributed by atoms with Crippen molar-refractivity contribution in [3.05, 3.63) is 29.8 Å². The molecule has 7 nitrogen and oxygen atoms in total. The van der Waals surface area contributed by atoms with E-state index in [4.69, 9.17) is 4.74 Å². The van der Waals surface area contributed by atoms with Crippen molar-refractivity contribution in [2.75, 3.05) is 32.1 Å². The number of ether oxygens (including phenoxy) is 1. The monoisotopic (exact) mass is 346 g/mol. The Labute approximate surface area is 143 Å². The van der Waals surface area contributed by atoms with Crippen LogP contribution >= 0.6 is 11.3 Å². The van der Waals surface area contributed by atoms with Crippen LogP contribution in [0.3, 0.4) is 0 Å². The lowest BCUT2D eigenvalue weighted by Gasteiger charge is -2.15. The minimum Gasteiger partial charge on any atom is -0.383 e. The number of anilines is 1. The van der Waals surface area contributed by atoms with Crippen LogP contribution in [0.1, 0.15) is 6.42 Å². The lowest BCUT2D eigenvalue weighted by molar-refractivity contribution is -0.128. The molecule has 0 aliphatic carbocycles. The van der Waals surface area contributed by atoms with Gasteiger partial charge in [-0.3, -0.25) is 14.6 Å². The minimum absolute atomic E-state index is 0.0134. The third-order valence-electron chi connectivity index (χ3n) is 3.81. The smallest absolute Gasteiger partial charge is 0.231 e. The Morgan fingerprint density at radius 2 is 2.33 bits per heavy atom. The third-order valence-corrected chi connectivity index (χ3v) is 4.57. The lowest BCUT2D eigenvalue weighted by atomic mass is 10.1. The summed E-state index contributed by atoms with van der Waals surface area (Å²) < 4.78 is 4.98. The number of rotatable bonds is 6. The molecule has 1 atom stereocenters. The van der Waals surface area contributed by atoms with Gasteiger partial charge in [-0.25, -0.2) is 4.98 Å². The molecule has 2 aromatic heterocycles. The molecule has 1 fully saturated rings. The van der Waals surface area contributed by atoms with Crippen LogP contribution in [0.5, 0.6) is 0 Å². The van der Waals surface area contributed by atoms with E-state index < -0.39 is 0 Å². The van der Waals surface area contributed by atoms with E-state index in [0.717, 1.165) is 11.4 Å². The number of nitrogens with one attached hydrogen (secondary N) is 1. The van der Waals surface area contributed by atoms with Gasteiger partial charge in [0.2, 0.25) is 11.8 Å². The number of pyridine rings is 1. The van der Waals surface area contributed by atoms with Crippen molar-refractivity contribution in [2.24, 2.45) is 5.92 Å². The highest BCUT2D eigenvalue weighted by atomic mass is 32.1. The van der Waals surface area contributed by atoms with Crippen molar-refractivity contribution in [3.63, 3.8) is 0 Å². The summed E-state index contributed by atoms with van der Waals surface area (Å²) in [5.74, 6) is -0.540. The van der Waals surface area contributed by atoms with E-state index in [-0.39, 0.29) is 24.2 Å². The predicted octanol–water partition coefficient (Wildman–Crippen LogP) is 1.64. The number of methoxy groups -OCH3 is 1. The van der Waals surface area contributed by atoms with Gasteiger partial charge in [0.05, 0.1) is 18.2 Å². The number of amides is 2. The standard InChI is InChI=1S/C16H18N4O3S/c1-23-7-6-20-9-11(8-14(20)21)15(22)19-16-18-13(10-24-16)12-4-2-3-5-17-12/h2-5,10-11H,6-9H2,1H3,(H,18,19,22). The summed E-state index contributed by atoms with van der Waals surface area (Å²) in [6.07, 6.45) is 1.93. The summed E-state index contributed by atoms with van der Waals surface area (Å²) in [7, 11) is 1.59. The molecule has 3 rings (SSSR count). The molecule has 2 aromatic rings. The van der Waals surface area contributed by atoms with E-state index in [1.165, 1.54) is 11.3 Å². The summed E-state index contributed by atoms with van der Waals surface area (Å²) in [5.41, 5.74) is 1.48. The average Bonchev–Trinajstić information content (AvgIpc) is 3.20. The molecular weight excluding hydrogens is 328 g/mol. The molecule has 126 valence electrons. The second kappa shape index (κ2) is 7.50. The second-order valence-electron chi connectivity index (χ2n) is 5.48. The van der Waals surface area contributed by atoms with E-state index in [2.05, 4.69) is 15.3 Å².